The lowest BCUT2D eigenvalue weighted by molar-refractivity contribution is -0.127. The van der Waals surface area contributed by atoms with Gasteiger partial charge in [-0.25, -0.2) is 0 Å². The van der Waals surface area contributed by atoms with Crippen molar-refractivity contribution < 1.29 is 4.79 Å². The molecule has 0 saturated carbocycles. The summed E-state index contributed by atoms with van der Waals surface area (Å²) in [6.07, 6.45) is 0. The van der Waals surface area contributed by atoms with E-state index in [2.05, 4.69) is 11.8 Å². The third kappa shape index (κ3) is 0.812. The van der Waals surface area contributed by atoms with E-state index in [-0.39, 0.29) is 5.91 Å². The summed E-state index contributed by atoms with van der Waals surface area (Å²) in [6, 6.07) is 0. The summed E-state index contributed by atoms with van der Waals surface area (Å²) in [5.41, 5.74) is 0. The van der Waals surface area contributed by atoms with Crippen molar-refractivity contribution in [3.8, 4) is 11.8 Å². The minimum Gasteiger partial charge on any atom is -0.321 e. The first kappa shape index (κ1) is 5.17. The van der Waals surface area contributed by atoms with Gasteiger partial charge in [-0.1, -0.05) is 11.8 Å². The third-order valence-corrected chi connectivity index (χ3v) is 1.11. The van der Waals surface area contributed by atoms with Gasteiger partial charge >= 0.3 is 0 Å². The fraction of sp³-hybridized carbons (Fsp3) is 0.500. The zero-order valence-electron chi connectivity index (χ0n) is 4.77. The van der Waals surface area contributed by atoms with Crippen LogP contribution in [0.15, 0.2) is 0 Å². The first-order valence-electron chi connectivity index (χ1n) is 2.52. The molecule has 0 bridgehead atoms. The maximum absolute atomic E-state index is 10.5. The molecule has 0 N–H and O–H groups in total. The lowest BCUT2D eigenvalue weighted by atomic mass is 10.5. The molecule has 0 fully saturated rings. The number of hydrogen-bond acceptors (Lipinski definition) is 1. The van der Waals surface area contributed by atoms with Crippen molar-refractivity contribution in [3.63, 3.8) is 0 Å². The van der Waals surface area contributed by atoms with Crippen LogP contribution in [0.2, 0.25) is 0 Å². The Balaban J connectivity index is 2.43. The molecule has 1 aliphatic rings. The van der Waals surface area contributed by atoms with Crippen LogP contribution in [-0.4, -0.2) is 23.9 Å². The van der Waals surface area contributed by atoms with Gasteiger partial charge in [-0.15, -0.1) is 0 Å². The lowest BCUT2D eigenvalue weighted by Gasteiger charge is -2.09. The molecule has 8 heavy (non-hydrogen) atoms. The molecule has 0 radical (unpaired) electrons. The minimum atomic E-state index is 0.0995. The van der Waals surface area contributed by atoms with Gasteiger partial charge < -0.3 is 4.90 Å². The number of hydrogen-bond donors (Lipinski definition) is 0. The van der Waals surface area contributed by atoms with Crippen molar-refractivity contribution >= 4 is 5.91 Å². The second-order valence-corrected chi connectivity index (χ2v) is 1.73. The van der Waals surface area contributed by atoms with E-state index in [1.165, 1.54) is 0 Å². The van der Waals surface area contributed by atoms with Crippen molar-refractivity contribution in [1.29, 1.82) is 0 Å². The van der Waals surface area contributed by atoms with Gasteiger partial charge in [-0.3, -0.25) is 4.79 Å². The molecule has 1 rings (SSSR count). The van der Waals surface area contributed by atoms with E-state index in [0.717, 1.165) is 0 Å². The quantitative estimate of drug-likeness (QED) is 0.396. The summed E-state index contributed by atoms with van der Waals surface area (Å²) in [6.45, 7) is 2.79. The van der Waals surface area contributed by atoms with Crippen molar-refractivity contribution in [1.82, 2.24) is 4.90 Å². The van der Waals surface area contributed by atoms with E-state index >= 15 is 0 Å². The molecular weight excluding hydrogens is 102 g/mol. The van der Waals surface area contributed by atoms with Gasteiger partial charge in [-0.05, 0) is 0 Å². The zero-order valence-corrected chi connectivity index (χ0v) is 4.77. The van der Waals surface area contributed by atoms with E-state index in [4.69, 9.17) is 0 Å². The normalized spacial score (nSPS) is 15.4. The van der Waals surface area contributed by atoms with Crippen LogP contribution in [0.3, 0.4) is 0 Å². The fourth-order valence-corrected chi connectivity index (χ4v) is 0.581. The summed E-state index contributed by atoms with van der Waals surface area (Å²) in [5, 5.41) is 0. The summed E-state index contributed by atoms with van der Waals surface area (Å²) in [4.78, 5) is 12.2. The highest BCUT2D eigenvalue weighted by Crippen LogP contribution is 1.90. The van der Waals surface area contributed by atoms with Gasteiger partial charge in [0.15, 0.2) is 0 Å². The maximum atomic E-state index is 10.5. The van der Waals surface area contributed by atoms with E-state index in [1.54, 1.807) is 11.8 Å². The number of rotatable bonds is 0. The van der Waals surface area contributed by atoms with Crippen LogP contribution in [0, 0.1) is 11.8 Å². The number of nitrogens with zero attached hydrogens (tertiary/aromatic N) is 1. The maximum Gasteiger partial charge on any atom is 0.221 e. The highest BCUT2D eigenvalue weighted by Gasteiger charge is 2.06. The smallest absolute Gasteiger partial charge is 0.221 e. The molecule has 0 atom stereocenters. The van der Waals surface area contributed by atoms with Gasteiger partial charge in [-0.2, -0.15) is 0 Å². The first-order valence-corrected chi connectivity index (χ1v) is 2.52. The van der Waals surface area contributed by atoms with Crippen molar-refractivity contribution in [2.75, 3.05) is 13.1 Å². The minimum absolute atomic E-state index is 0.0995. The predicted molar refractivity (Wildman–Crippen MR) is 30.0 cm³/mol. The van der Waals surface area contributed by atoms with Crippen LogP contribution >= 0.6 is 0 Å². The van der Waals surface area contributed by atoms with Gasteiger partial charge in [0.05, 0.1) is 13.1 Å². The average Bonchev–Trinajstić information content (AvgIpc) is 2.12. The molecule has 1 aliphatic heterocycles. The second kappa shape index (κ2) is 1.87. The van der Waals surface area contributed by atoms with Gasteiger partial charge in [0.1, 0.15) is 0 Å². The molecule has 0 unspecified atom stereocenters. The molecule has 0 aromatic carbocycles. The SMILES string of the molecule is CC(=O)N1CC#CC1. The Hall–Kier alpha value is -0.970. The molecule has 2 heteroatoms. The molecule has 0 saturated heterocycles. The van der Waals surface area contributed by atoms with Crippen LogP contribution in [0.4, 0.5) is 0 Å². The fourth-order valence-electron chi connectivity index (χ4n) is 0.581. The van der Waals surface area contributed by atoms with Crippen LogP contribution < -0.4 is 0 Å². The topological polar surface area (TPSA) is 20.3 Å². The van der Waals surface area contributed by atoms with E-state index in [0.29, 0.717) is 13.1 Å². The van der Waals surface area contributed by atoms with Crippen LogP contribution in [0.1, 0.15) is 6.92 Å². The average molecular weight is 109 g/mol. The summed E-state index contributed by atoms with van der Waals surface area (Å²) >= 11 is 0. The molecule has 1 amide bonds. The summed E-state index contributed by atoms with van der Waals surface area (Å²) in [5.74, 6) is 5.72. The van der Waals surface area contributed by atoms with Gasteiger partial charge in [0.2, 0.25) is 5.91 Å². The monoisotopic (exact) mass is 109 g/mol. The van der Waals surface area contributed by atoms with Crippen molar-refractivity contribution in [2.24, 2.45) is 0 Å². The number of carbonyl (C=O) groups is 1. The van der Waals surface area contributed by atoms with Crippen LogP contribution in [0.5, 0.6) is 0 Å². The van der Waals surface area contributed by atoms with Gasteiger partial charge in [0, 0.05) is 6.92 Å². The highest BCUT2D eigenvalue weighted by atomic mass is 16.2. The lowest BCUT2D eigenvalue weighted by Crippen LogP contribution is -2.25. The molecule has 0 aromatic heterocycles. The molecule has 1 heterocycles. The predicted octanol–water partition coefficient (Wildman–Crippen LogP) is -0.148. The Bertz CT molecular complexity index is 153. The first-order chi connectivity index (χ1) is 3.80. The molecule has 0 aromatic rings. The van der Waals surface area contributed by atoms with Crippen molar-refractivity contribution in [2.45, 2.75) is 6.92 Å². The summed E-state index contributed by atoms with van der Waals surface area (Å²) < 4.78 is 0. The molecular formula is C6H7NO. The highest BCUT2D eigenvalue weighted by molar-refractivity contribution is 5.74. The Morgan fingerprint density at radius 1 is 1.50 bits per heavy atom. The standard InChI is InChI=1S/C6H7NO/c1-6(8)7-4-2-3-5-7/h4-5H2,1H3. The molecule has 2 nitrogen and oxygen atoms in total. The van der Waals surface area contributed by atoms with Crippen molar-refractivity contribution in [3.05, 3.63) is 0 Å². The second-order valence-electron chi connectivity index (χ2n) is 1.73. The Morgan fingerprint density at radius 2 is 2.00 bits per heavy atom. The molecule has 42 valence electrons. The van der Waals surface area contributed by atoms with Crippen LogP contribution in [0.25, 0.3) is 0 Å². The Kier molecular flexibility index (Phi) is 1.21. The summed E-state index contributed by atoms with van der Waals surface area (Å²) in [7, 11) is 0. The number of amides is 1. The van der Waals surface area contributed by atoms with E-state index < -0.39 is 0 Å². The zero-order chi connectivity index (χ0) is 5.98. The Morgan fingerprint density at radius 3 is 2.25 bits per heavy atom. The molecule has 0 spiro atoms. The van der Waals surface area contributed by atoms with E-state index in [9.17, 15) is 4.79 Å². The molecule has 0 aliphatic carbocycles. The van der Waals surface area contributed by atoms with E-state index in [1.807, 2.05) is 0 Å². The Labute approximate surface area is 48.5 Å². The van der Waals surface area contributed by atoms with Crippen LogP contribution in [-0.2, 0) is 4.79 Å². The van der Waals surface area contributed by atoms with Gasteiger partial charge in [0.25, 0.3) is 0 Å². The third-order valence-electron chi connectivity index (χ3n) is 1.11. The number of carbonyl (C=O) groups excluding carboxylic acids is 1. The largest absolute Gasteiger partial charge is 0.321 e.